The molecule has 0 atom stereocenters. The van der Waals surface area contributed by atoms with E-state index in [9.17, 15) is 4.79 Å². The van der Waals surface area contributed by atoms with Crippen LogP contribution in [-0.2, 0) is 0 Å². The molecule has 3 heterocycles. The minimum Gasteiger partial charge on any atom is -0.414 e. The van der Waals surface area contributed by atoms with Crippen LogP contribution < -0.4 is 5.73 Å². The number of hydrogen-bond donors (Lipinski definition) is 1. The fourth-order valence-corrected chi connectivity index (χ4v) is 4.38. The van der Waals surface area contributed by atoms with E-state index in [1.165, 1.54) is 11.1 Å². The van der Waals surface area contributed by atoms with Crippen molar-refractivity contribution in [2.75, 3.05) is 32.9 Å². The Bertz CT molecular complexity index is 1420. The standard InChI is InChI=1S/C26H25F2N7O2.2H2/c1-34(2)17-8-10-35(11-9-17)26(36)21-18(27)12-16(13-19(21)28)20-14-30-23(29)22(31-20)25-33-32-24(37-25)15-6-4-3-5-7-15;;/h3-7,12-14,17H,8-11H2,1-2H3,(H2,29,30);2*1H. The van der Waals surface area contributed by atoms with E-state index in [1.54, 1.807) is 0 Å². The van der Waals surface area contributed by atoms with Gasteiger partial charge in [-0.05, 0) is 51.2 Å². The summed E-state index contributed by atoms with van der Waals surface area (Å²) in [5.41, 5.74) is 6.41. The molecule has 2 N–H and O–H groups in total. The molecule has 1 fully saturated rings. The summed E-state index contributed by atoms with van der Waals surface area (Å²) in [7, 11) is 3.96. The van der Waals surface area contributed by atoms with Gasteiger partial charge in [0.1, 0.15) is 17.2 Å². The minimum absolute atomic E-state index is 0. The maximum absolute atomic E-state index is 15.1. The van der Waals surface area contributed by atoms with Crippen molar-refractivity contribution in [3.63, 3.8) is 0 Å². The number of carbonyl (C=O) groups excluding carboxylic acids is 1. The number of benzene rings is 2. The first-order chi connectivity index (χ1) is 17.8. The Morgan fingerprint density at radius 3 is 2.35 bits per heavy atom. The van der Waals surface area contributed by atoms with Crippen molar-refractivity contribution in [2.24, 2.45) is 0 Å². The van der Waals surface area contributed by atoms with Gasteiger partial charge in [0.25, 0.3) is 11.8 Å². The van der Waals surface area contributed by atoms with E-state index in [0.717, 1.165) is 25.0 Å². The Morgan fingerprint density at radius 2 is 1.70 bits per heavy atom. The lowest BCUT2D eigenvalue weighted by Gasteiger charge is -2.35. The number of nitrogen functional groups attached to an aromatic ring is 1. The number of amides is 1. The minimum atomic E-state index is -0.973. The lowest BCUT2D eigenvalue weighted by atomic mass is 10.0. The summed E-state index contributed by atoms with van der Waals surface area (Å²) in [6.07, 6.45) is 2.77. The Kier molecular flexibility index (Phi) is 6.62. The van der Waals surface area contributed by atoms with Gasteiger partial charge in [-0.15, -0.1) is 10.2 Å². The van der Waals surface area contributed by atoms with Crippen LogP contribution in [-0.4, -0.2) is 69.1 Å². The summed E-state index contributed by atoms with van der Waals surface area (Å²) in [5, 5.41) is 8.02. The highest BCUT2D eigenvalue weighted by Crippen LogP contribution is 2.30. The molecule has 0 unspecified atom stereocenters. The zero-order chi connectivity index (χ0) is 26.1. The van der Waals surface area contributed by atoms with Crippen LogP contribution in [0.3, 0.4) is 0 Å². The number of nitrogens with zero attached hydrogens (tertiary/aromatic N) is 6. The first-order valence-electron chi connectivity index (χ1n) is 11.8. The first kappa shape index (κ1) is 24.4. The molecule has 0 radical (unpaired) electrons. The summed E-state index contributed by atoms with van der Waals surface area (Å²) in [6.45, 7) is 0.870. The number of halogens is 2. The molecule has 4 aromatic rings. The van der Waals surface area contributed by atoms with Crippen molar-refractivity contribution in [2.45, 2.75) is 18.9 Å². The van der Waals surface area contributed by atoms with Gasteiger partial charge >= 0.3 is 0 Å². The highest BCUT2D eigenvalue weighted by Gasteiger charge is 2.29. The van der Waals surface area contributed by atoms with E-state index in [2.05, 4.69) is 25.1 Å². The largest absolute Gasteiger partial charge is 0.414 e. The molecule has 11 heteroatoms. The molecule has 0 spiro atoms. The zero-order valence-corrected chi connectivity index (χ0v) is 20.4. The fraction of sp³-hybridized carbons (Fsp3) is 0.269. The average molecular weight is 510 g/mol. The maximum atomic E-state index is 15.1. The number of piperidine rings is 1. The summed E-state index contributed by atoms with van der Waals surface area (Å²) in [5.74, 6) is -2.32. The van der Waals surface area contributed by atoms with Crippen LogP contribution in [0.2, 0.25) is 0 Å². The number of nitrogens with two attached hydrogens (primary N) is 1. The van der Waals surface area contributed by atoms with E-state index >= 15 is 8.78 Å². The number of carbonyl (C=O) groups is 1. The lowest BCUT2D eigenvalue weighted by molar-refractivity contribution is 0.0653. The molecule has 1 saturated heterocycles. The van der Waals surface area contributed by atoms with Crippen LogP contribution in [0.1, 0.15) is 26.1 Å². The molecule has 5 rings (SSSR count). The molecular weight excluding hydrogens is 480 g/mol. The van der Waals surface area contributed by atoms with E-state index in [-0.39, 0.29) is 37.4 Å². The predicted molar refractivity (Wildman–Crippen MR) is 137 cm³/mol. The van der Waals surface area contributed by atoms with Gasteiger partial charge in [0.15, 0.2) is 11.5 Å². The molecule has 0 bridgehead atoms. The second-order valence-electron chi connectivity index (χ2n) is 9.07. The molecule has 1 amide bonds. The van der Waals surface area contributed by atoms with Gasteiger partial charge in [-0.2, -0.15) is 0 Å². The molecule has 0 saturated carbocycles. The van der Waals surface area contributed by atoms with Gasteiger partial charge in [0.2, 0.25) is 5.89 Å². The van der Waals surface area contributed by atoms with Gasteiger partial charge < -0.3 is 20.0 Å². The summed E-state index contributed by atoms with van der Waals surface area (Å²) < 4.78 is 35.9. The van der Waals surface area contributed by atoms with Crippen molar-refractivity contribution in [1.82, 2.24) is 30.0 Å². The average Bonchev–Trinajstić information content (AvgIpc) is 3.39. The van der Waals surface area contributed by atoms with Crippen LogP contribution in [0.5, 0.6) is 0 Å². The summed E-state index contributed by atoms with van der Waals surface area (Å²) in [6, 6.07) is 11.6. The quantitative estimate of drug-likeness (QED) is 0.422. The van der Waals surface area contributed by atoms with E-state index < -0.39 is 23.1 Å². The van der Waals surface area contributed by atoms with Crippen LogP contribution in [0, 0.1) is 11.6 Å². The summed E-state index contributed by atoms with van der Waals surface area (Å²) >= 11 is 0. The maximum Gasteiger partial charge on any atom is 0.270 e. The van der Waals surface area contributed by atoms with Gasteiger partial charge in [0, 0.05) is 33.1 Å². The Hall–Kier alpha value is -4.25. The van der Waals surface area contributed by atoms with Crippen LogP contribution in [0.15, 0.2) is 53.1 Å². The topological polar surface area (TPSA) is 114 Å². The van der Waals surface area contributed by atoms with Gasteiger partial charge in [-0.3, -0.25) is 4.79 Å². The normalized spacial score (nSPS) is 14.4. The number of rotatable bonds is 5. The third kappa shape index (κ3) is 4.90. The number of hydrogen-bond acceptors (Lipinski definition) is 8. The molecule has 1 aliphatic rings. The molecule has 9 nitrogen and oxygen atoms in total. The lowest BCUT2D eigenvalue weighted by Crippen LogP contribution is -2.44. The van der Waals surface area contributed by atoms with Crippen molar-refractivity contribution in [1.29, 1.82) is 0 Å². The smallest absolute Gasteiger partial charge is 0.270 e. The highest BCUT2D eigenvalue weighted by atomic mass is 19.1. The second kappa shape index (κ2) is 10.0. The molecule has 37 heavy (non-hydrogen) atoms. The summed E-state index contributed by atoms with van der Waals surface area (Å²) in [4.78, 5) is 25.0. The Labute approximate surface area is 214 Å². The van der Waals surface area contributed by atoms with E-state index in [0.29, 0.717) is 24.7 Å². The Balaban J connectivity index is 0.00000210. The van der Waals surface area contributed by atoms with Crippen molar-refractivity contribution >= 4 is 11.7 Å². The van der Waals surface area contributed by atoms with Gasteiger partial charge in [-0.25, -0.2) is 18.7 Å². The van der Waals surface area contributed by atoms with Crippen molar-refractivity contribution in [3.05, 3.63) is 65.9 Å². The fourth-order valence-electron chi connectivity index (χ4n) is 4.38. The molecule has 194 valence electrons. The monoisotopic (exact) mass is 509 g/mol. The van der Waals surface area contributed by atoms with Gasteiger partial charge in [-0.1, -0.05) is 18.2 Å². The third-order valence-electron chi connectivity index (χ3n) is 6.48. The van der Waals surface area contributed by atoms with Gasteiger partial charge in [0.05, 0.1) is 11.9 Å². The predicted octanol–water partition coefficient (Wildman–Crippen LogP) is 4.38. The molecule has 1 aliphatic heterocycles. The Morgan fingerprint density at radius 1 is 1.05 bits per heavy atom. The SMILES string of the molecule is CN(C)C1CCN(C(=O)c2c(F)cc(-c3cnc(N)c(-c4nnc(-c5ccccc5)o4)n3)cc2F)CC1.[HH].[HH]. The molecular formula is C26H29F2N7O2. The van der Waals surface area contributed by atoms with E-state index in [4.69, 9.17) is 10.2 Å². The van der Waals surface area contributed by atoms with Crippen LogP contribution >= 0.6 is 0 Å². The second-order valence-corrected chi connectivity index (χ2v) is 9.07. The molecule has 2 aromatic heterocycles. The number of likely N-dealkylation sites (tertiary alicyclic amines) is 1. The van der Waals surface area contributed by atoms with Crippen LogP contribution in [0.4, 0.5) is 14.6 Å². The highest BCUT2D eigenvalue weighted by molar-refractivity contribution is 5.95. The van der Waals surface area contributed by atoms with E-state index in [1.807, 2.05) is 44.4 Å². The number of anilines is 1. The first-order valence-corrected chi connectivity index (χ1v) is 11.8. The third-order valence-corrected chi connectivity index (χ3v) is 6.48. The number of aromatic nitrogens is 4. The van der Waals surface area contributed by atoms with Crippen LogP contribution in [0.25, 0.3) is 34.3 Å². The van der Waals surface area contributed by atoms with Crippen molar-refractivity contribution in [3.8, 4) is 34.3 Å². The molecule has 0 aliphatic carbocycles. The zero-order valence-electron chi connectivity index (χ0n) is 20.4. The van der Waals surface area contributed by atoms with Crippen molar-refractivity contribution < 1.29 is 20.8 Å². The molecule has 2 aromatic carbocycles.